The third-order valence-electron chi connectivity index (χ3n) is 5.06. The van der Waals surface area contributed by atoms with Crippen LogP contribution >= 0.6 is 0 Å². The molecule has 0 aromatic heterocycles. The van der Waals surface area contributed by atoms with Gasteiger partial charge in [-0.3, -0.25) is 0 Å². The van der Waals surface area contributed by atoms with Crippen molar-refractivity contribution in [2.75, 3.05) is 11.9 Å². The Kier molecular flexibility index (Phi) is 4.33. The third kappa shape index (κ3) is 3.52. The van der Waals surface area contributed by atoms with Gasteiger partial charge in [0.25, 0.3) is 0 Å². The number of nitrogens with one attached hydrogen (secondary N) is 1. The predicted octanol–water partition coefficient (Wildman–Crippen LogP) is 3.46. The van der Waals surface area contributed by atoms with Crippen LogP contribution in [0.5, 0.6) is 0 Å². The minimum atomic E-state index is -3.70. The molecule has 7 heteroatoms. The normalized spacial score (nSPS) is 21.8. The van der Waals surface area contributed by atoms with Gasteiger partial charge >= 0.3 is 0 Å². The molecule has 0 amide bonds. The van der Waals surface area contributed by atoms with Crippen molar-refractivity contribution in [1.29, 1.82) is 0 Å². The summed E-state index contributed by atoms with van der Waals surface area (Å²) < 4.78 is 48.9. The number of hydrogen-bond donors (Lipinski definition) is 2. The lowest BCUT2D eigenvalue weighted by molar-refractivity contribution is 0.509. The van der Waals surface area contributed by atoms with Crippen molar-refractivity contribution in [3.05, 3.63) is 59.7 Å². The molecule has 0 spiro atoms. The zero-order valence-electron chi connectivity index (χ0n) is 14.0. The Balaban J connectivity index is 1.70. The Hall–Kier alpha value is -1.99. The zero-order valence-corrected chi connectivity index (χ0v) is 14.8. The smallest absolute Gasteiger partial charge is 0.238 e. The maximum Gasteiger partial charge on any atom is 0.238 e. The topological polar surface area (TPSA) is 72.2 Å². The van der Waals surface area contributed by atoms with E-state index in [-0.39, 0.29) is 16.2 Å². The van der Waals surface area contributed by atoms with Crippen molar-refractivity contribution in [3.8, 4) is 0 Å². The number of hydrogen-bond acceptors (Lipinski definition) is 3. The molecule has 1 aliphatic carbocycles. The fourth-order valence-corrected chi connectivity index (χ4v) is 4.00. The van der Waals surface area contributed by atoms with Crippen LogP contribution in [0.4, 0.5) is 14.5 Å². The van der Waals surface area contributed by atoms with E-state index in [4.69, 9.17) is 5.14 Å². The molecule has 0 aliphatic heterocycles. The van der Waals surface area contributed by atoms with Gasteiger partial charge in [-0.2, -0.15) is 0 Å². The molecule has 1 fully saturated rings. The molecule has 3 N–H and O–H groups in total. The second-order valence-corrected chi connectivity index (χ2v) is 8.59. The summed E-state index contributed by atoms with van der Waals surface area (Å²) in [6, 6.07) is 10.3. The van der Waals surface area contributed by atoms with Gasteiger partial charge in [0.2, 0.25) is 10.0 Å². The van der Waals surface area contributed by atoms with E-state index >= 15 is 0 Å². The monoisotopic (exact) mass is 366 g/mol. The van der Waals surface area contributed by atoms with E-state index in [9.17, 15) is 17.2 Å². The molecular weight excluding hydrogens is 346 g/mol. The highest BCUT2D eigenvalue weighted by molar-refractivity contribution is 7.89. The van der Waals surface area contributed by atoms with E-state index in [1.807, 2.05) is 0 Å². The molecule has 1 aliphatic rings. The molecule has 134 valence electrons. The minimum absolute atomic E-state index is 0.0225. The maximum atomic E-state index is 13.3. The van der Waals surface area contributed by atoms with E-state index in [0.717, 1.165) is 17.7 Å². The first-order valence-corrected chi connectivity index (χ1v) is 9.47. The summed E-state index contributed by atoms with van der Waals surface area (Å²) in [4.78, 5) is 0.0890. The van der Waals surface area contributed by atoms with Crippen molar-refractivity contribution in [2.45, 2.75) is 24.7 Å². The molecule has 1 saturated carbocycles. The van der Waals surface area contributed by atoms with Gasteiger partial charge in [0.05, 0.1) is 4.90 Å². The van der Waals surface area contributed by atoms with E-state index in [0.29, 0.717) is 18.2 Å². The van der Waals surface area contributed by atoms with E-state index in [1.54, 1.807) is 12.1 Å². The highest BCUT2D eigenvalue weighted by atomic mass is 32.2. The van der Waals surface area contributed by atoms with Gasteiger partial charge in [0.1, 0.15) is 0 Å². The summed E-state index contributed by atoms with van der Waals surface area (Å²) in [5, 5.41) is 8.26. The van der Waals surface area contributed by atoms with Gasteiger partial charge in [-0.1, -0.05) is 26.0 Å². The SMILES string of the molecule is CC1(C)[C@@H](CNc2ccc(F)c(F)c2)[C@@H]1c1ccc(S(N)(=O)=O)cc1. The summed E-state index contributed by atoms with van der Waals surface area (Å²) in [5.74, 6) is -1.21. The van der Waals surface area contributed by atoms with Crippen molar-refractivity contribution in [1.82, 2.24) is 0 Å². The first-order chi connectivity index (χ1) is 11.6. The van der Waals surface area contributed by atoms with Crippen LogP contribution in [0, 0.1) is 23.0 Å². The number of anilines is 1. The zero-order chi connectivity index (χ0) is 18.4. The summed E-state index contributed by atoms with van der Waals surface area (Å²) in [6.45, 7) is 4.87. The lowest BCUT2D eigenvalue weighted by atomic mass is 10.0. The molecule has 0 heterocycles. The fourth-order valence-electron chi connectivity index (χ4n) is 3.49. The van der Waals surface area contributed by atoms with Crippen molar-refractivity contribution < 1.29 is 17.2 Å². The second kappa shape index (κ2) is 6.07. The van der Waals surface area contributed by atoms with Gasteiger partial charge in [-0.05, 0) is 53.1 Å². The fraction of sp³-hybridized carbons (Fsp3) is 0.333. The summed E-state index contributed by atoms with van der Waals surface area (Å²) >= 11 is 0. The standard InChI is InChI=1S/C18H20F2N2O2S/c1-18(2)14(10-22-12-5-8-15(19)16(20)9-12)17(18)11-3-6-13(7-4-11)25(21,23)24/h3-9,14,17,22H,10H2,1-2H3,(H2,21,23,24)/t14-,17-/m0/s1. The molecule has 0 saturated heterocycles. The Bertz CT molecular complexity index is 896. The molecule has 2 aromatic carbocycles. The summed E-state index contributed by atoms with van der Waals surface area (Å²) in [5.41, 5.74) is 1.59. The van der Waals surface area contributed by atoms with Crippen molar-refractivity contribution in [2.24, 2.45) is 16.5 Å². The average molecular weight is 366 g/mol. The van der Waals surface area contributed by atoms with Gasteiger partial charge in [-0.15, -0.1) is 0 Å². The Morgan fingerprint density at radius 3 is 2.28 bits per heavy atom. The van der Waals surface area contributed by atoms with Crippen molar-refractivity contribution in [3.63, 3.8) is 0 Å². The molecule has 2 aromatic rings. The van der Waals surface area contributed by atoms with Crippen LogP contribution in [-0.4, -0.2) is 15.0 Å². The highest BCUT2D eigenvalue weighted by Gasteiger charge is 2.57. The number of sulfonamides is 1. The van der Waals surface area contributed by atoms with E-state index < -0.39 is 21.7 Å². The Labute approximate surface area is 146 Å². The highest BCUT2D eigenvalue weighted by Crippen LogP contribution is 2.64. The quantitative estimate of drug-likeness (QED) is 0.851. The largest absolute Gasteiger partial charge is 0.385 e. The maximum absolute atomic E-state index is 13.3. The van der Waals surface area contributed by atoms with Gasteiger partial charge in [0, 0.05) is 12.2 Å². The molecular formula is C18H20F2N2O2S. The molecule has 0 bridgehead atoms. The molecule has 3 rings (SSSR count). The van der Waals surface area contributed by atoms with Crippen LogP contribution in [0.2, 0.25) is 0 Å². The second-order valence-electron chi connectivity index (χ2n) is 7.03. The van der Waals surface area contributed by atoms with E-state index in [1.165, 1.54) is 18.2 Å². The Morgan fingerprint density at radius 1 is 1.08 bits per heavy atom. The van der Waals surface area contributed by atoms with Crippen LogP contribution in [0.3, 0.4) is 0 Å². The van der Waals surface area contributed by atoms with Crippen molar-refractivity contribution >= 4 is 15.7 Å². The number of halogens is 2. The molecule has 2 atom stereocenters. The number of benzene rings is 2. The molecule has 0 radical (unpaired) electrons. The first kappa shape index (κ1) is 17.8. The predicted molar refractivity (Wildman–Crippen MR) is 92.7 cm³/mol. The molecule has 4 nitrogen and oxygen atoms in total. The van der Waals surface area contributed by atoms with Crippen LogP contribution in [0.15, 0.2) is 47.4 Å². The van der Waals surface area contributed by atoms with Crippen LogP contribution in [0.1, 0.15) is 25.3 Å². The average Bonchev–Trinajstić information content (AvgIpc) is 3.09. The van der Waals surface area contributed by atoms with E-state index in [2.05, 4.69) is 19.2 Å². The number of rotatable bonds is 5. The molecule has 25 heavy (non-hydrogen) atoms. The summed E-state index contributed by atoms with van der Waals surface area (Å²) in [7, 11) is -3.70. The van der Waals surface area contributed by atoms with Gasteiger partial charge in [0.15, 0.2) is 11.6 Å². The lowest BCUT2D eigenvalue weighted by Crippen LogP contribution is -2.11. The van der Waals surface area contributed by atoms with Crippen LogP contribution in [-0.2, 0) is 10.0 Å². The number of primary sulfonamides is 1. The van der Waals surface area contributed by atoms with Gasteiger partial charge in [-0.25, -0.2) is 22.3 Å². The minimum Gasteiger partial charge on any atom is -0.385 e. The van der Waals surface area contributed by atoms with Crippen LogP contribution in [0.25, 0.3) is 0 Å². The van der Waals surface area contributed by atoms with Gasteiger partial charge < -0.3 is 5.32 Å². The summed E-state index contributed by atoms with van der Waals surface area (Å²) in [6.07, 6.45) is 0. The molecule has 0 unspecified atom stereocenters. The lowest BCUT2D eigenvalue weighted by Gasteiger charge is -2.07. The number of nitrogens with two attached hydrogens (primary N) is 1. The van der Waals surface area contributed by atoms with Crippen LogP contribution < -0.4 is 10.5 Å². The first-order valence-electron chi connectivity index (χ1n) is 7.92. The third-order valence-corrected chi connectivity index (χ3v) is 5.99. The Morgan fingerprint density at radius 2 is 1.72 bits per heavy atom.